The molecule has 66 heavy (non-hydrogen) atoms. The average Bonchev–Trinajstić information content (AvgIpc) is 3.76. The van der Waals surface area contributed by atoms with Gasteiger partial charge in [0.15, 0.2) is 11.5 Å². The number of nitrogens with two attached hydrogens (primary N) is 1. The molecule has 10 nitrogen and oxygen atoms in total. The molecule has 4 aliphatic heterocycles. The van der Waals surface area contributed by atoms with Crippen LogP contribution in [-0.2, 0) is 40.9 Å². The van der Waals surface area contributed by atoms with E-state index in [1.807, 2.05) is 24.3 Å². The number of aliphatic hydroxyl groups is 2. The third-order valence-corrected chi connectivity index (χ3v) is 15.8. The Labute approximate surface area is 387 Å². The first-order valence-electron chi connectivity index (χ1n) is 24.2. The van der Waals surface area contributed by atoms with E-state index < -0.39 is 12.3 Å². The Morgan fingerprint density at radius 1 is 0.894 bits per heavy atom. The van der Waals surface area contributed by atoms with Crippen LogP contribution in [0.5, 0.6) is 17.2 Å². The van der Waals surface area contributed by atoms with Gasteiger partial charge in [-0.2, -0.15) is 0 Å². The summed E-state index contributed by atoms with van der Waals surface area (Å²) in [7, 11) is 0. The predicted octanol–water partition coefficient (Wildman–Crippen LogP) is 8.60. The SMILES string of the molecule is NC1C=C2C#C[C@H](CCc3ccc(O)cc3)CCC[C@H]3C[C@H](O)CCc4cc(c(O)cc4CO)OCc4cc([C@@]56CCO[C@@H]7CC[C@@H](C[C@@H]75)c5ccccc56)cc5cn(cc45)C(=C2CO3)N1. The summed E-state index contributed by atoms with van der Waals surface area (Å²) in [5.41, 5.74) is 16.1. The Morgan fingerprint density at radius 2 is 1.77 bits per heavy atom. The van der Waals surface area contributed by atoms with Crippen molar-refractivity contribution < 1.29 is 34.6 Å². The van der Waals surface area contributed by atoms with Crippen molar-refractivity contribution in [2.45, 2.75) is 126 Å². The molecular formula is C56H61N3O7. The number of benzene rings is 4. The fraction of sp³-hybridized carbons (Fsp3) is 0.429. The van der Waals surface area contributed by atoms with Crippen molar-refractivity contribution in [3.05, 3.63) is 141 Å². The molecule has 11 rings (SSSR count). The van der Waals surface area contributed by atoms with E-state index in [1.54, 1.807) is 18.2 Å². The molecular weight excluding hydrogens is 827 g/mol. The normalized spacial score (nSPS) is 28.4. The molecule has 2 aliphatic carbocycles. The minimum Gasteiger partial charge on any atom is -0.508 e. The largest absolute Gasteiger partial charge is 0.508 e. The van der Waals surface area contributed by atoms with Crippen LogP contribution in [0.15, 0.2) is 102 Å². The predicted molar refractivity (Wildman–Crippen MR) is 255 cm³/mol. The van der Waals surface area contributed by atoms with Crippen molar-refractivity contribution >= 4 is 16.6 Å². The molecule has 1 saturated heterocycles. The summed E-state index contributed by atoms with van der Waals surface area (Å²) >= 11 is 0. The number of phenols is 2. The van der Waals surface area contributed by atoms with Crippen LogP contribution in [0.4, 0.5) is 0 Å². The third-order valence-electron chi connectivity index (χ3n) is 15.8. The van der Waals surface area contributed by atoms with Gasteiger partial charge in [0.25, 0.3) is 0 Å². The molecule has 10 heteroatoms. The monoisotopic (exact) mass is 887 g/mol. The molecule has 5 heterocycles. The number of aromatic nitrogens is 1. The van der Waals surface area contributed by atoms with Crippen LogP contribution in [0.1, 0.15) is 109 Å². The lowest BCUT2D eigenvalue weighted by atomic mass is 9.51. The maximum Gasteiger partial charge on any atom is 0.161 e. The van der Waals surface area contributed by atoms with Gasteiger partial charge >= 0.3 is 0 Å². The minimum atomic E-state index is -0.664. The molecule has 4 aromatic carbocycles. The van der Waals surface area contributed by atoms with Gasteiger partial charge in [0.05, 0.1) is 37.7 Å². The summed E-state index contributed by atoms with van der Waals surface area (Å²) in [6.07, 6.45) is 15.0. The van der Waals surface area contributed by atoms with E-state index in [-0.39, 0.29) is 54.9 Å². The minimum absolute atomic E-state index is 0.0287. The van der Waals surface area contributed by atoms with Gasteiger partial charge in [0.1, 0.15) is 18.2 Å². The van der Waals surface area contributed by atoms with Gasteiger partial charge in [0.2, 0.25) is 0 Å². The van der Waals surface area contributed by atoms with E-state index in [9.17, 15) is 20.4 Å². The van der Waals surface area contributed by atoms with Crippen LogP contribution in [0, 0.1) is 23.7 Å². The molecule has 1 aromatic heterocycles. The average molecular weight is 888 g/mol. The summed E-state index contributed by atoms with van der Waals surface area (Å²) in [6, 6.07) is 24.7. The van der Waals surface area contributed by atoms with Crippen LogP contribution >= 0.6 is 0 Å². The number of phenolic OH excluding ortho intramolecular Hbond substituents is 2. The molecule has 7 N–H and O–H groups in total. The van der Waals surface area contributed by atoms with E-state index in [4.69, 9.17) is 19.9 Å². The summed E-state index contributed by atoms with van der Waals surface area (Å²) in [4.78, 5) is 0. The zero-order valence-corrected chi connectivity index (χ0v) is 37.6. The maximum absolute atomic E-state index is 11.6. The summed E-state index contributed by atoms with van der Waals surface area (Å²) in [5.74, 6) is 9.64. The van der Waals surface area contributed by atoms with Crippen molar-refractivity contribution in [2.24, 2.45) is 17.6 Å². The van der Waals surface area contributed by atoms with Crippen LogP contribution in [0.25, 0.3) is 16.6 Å². The van der Waals surface area contributed by atoms with Crippen molar-refractivity contribution in [2.75, 3.05) is 13.2 Å². The second kappa shape index (κ2) is 17.9. The second-order valence-electron chi connectivity index (χ2n) is 19.7. The lowest BCUT2D eigenvalue weighted by molar-refractivity contribution is -0.0894. The molecule has 1 unspecified atom stereocenters. The van der Waals surface area contributed by atoms with Crippen LogP contribution < -0.4 is 15.8 Å². The van der Waals surface area contributed by atoms with E-state index in [2.05, 4.69) is 70.5 Å². The Hall–Kier alpha value is -5.54. The highest BCUT2D eigenvalue weighted by molar-refractivity contribution is 5.88. The Balaban J connectivity index is 1.06. The lowest BCUT2D eigenvalue weighted by Gasteiger charge is -2.56. The summed E-state index contributed by atoms with van der Waals surface area (Å²) in [6.45, 7) is 0.930. The Kier molecular flexibility index (Phi) is 11.7. The van der Waals surface area contributed by atoms with Gasteiger partial charge in [0, 0.05) is 52.3 Å². The summed E-state index contributed by atoms with van der Waals surface area (Å²) < 4.78 is 22.3. The number of aryl methyl sites for hydroxylation is 2. The zero-order chi connectivity index (χ0) is 44.9. The number of rotatable bonds is 5. The fourth-order valence-corrected chi connectivity index (χ4v) is 12.4. The molecule has 0 amide bonds. The Morgan fingerprint density at radius 3 is 2.65 bits per heavy atom. The smallest absolute Gasteiger partial charge is 0.161 e. The molecule has 342 valence electrons. The first kappa shape index (κ1) is 43.1. The molecule has 8 bridgehead atoms. The molecule has 0 spiro atoms. The number of nitrogens with zero attached hydrogens (tertiary/aromatic N) is 1. The fourth-order valence-electron chi connectivity index (χ4n) is 12.4. The number of ether oxygens (including phenoxy) is 3. The lowest BCUT2D eigenvalue weighted by Crippen LogP contribution is -2.54. The van der Waals surface area contributed by atoms with Crippen molar-refractivity contribution in [1.82, 2.24) is 9.88 Å². The highest BCUT2D eigenvalue weighted by Gasteiger charge is 2.55. The van der Waals surface area contributed by atoms with E-state index in [1.165, 1.54) is 16.7 Å². The summed E-state index contributed by atoms with van der Waals surface area (Å²) in [5, 5.41) is 49.0. The van der Waals surface area contributed by atoms with Crippen LogP contribution in [0.2, 0.25) is 0 Å². The van der Waals surface area contributed by atoms with Gasteiger partial charge in [-0.15, -0.1) is 0 Å². The molecule has 1 saturated carbocycles. The zero-order valence-electron chi connectivity index (χ0n) is 37.6. The van der Waals surface area contributed by atoms with Gasteiger partial charge < -0.3 is 50.3 Å². The molecule has 2 fully saturated rings. The highest BCUT2D eigenvalue weighted by atomic mass is 16.5. The number of aliphatic hydroxyl groups excluding tert-OH is 2. The Bertz CT molecular complexity index is 2760. The van der Waals surface area contributed by atoms with E-state index >= 15 is 0 Å². The number of nitrogens with one attached hydrogen (secondary N) is 1. The third kappa shape index (κ3) is 8.09. The van der Waals surface area contributed by atoms with Crippen molar-refractivity contribution in [1.29, 1.82) is 0 Å². The van der Waals surface area contributed by atoms with Crippen molar-refractivity contribution in [3.8, 4) is 29.1 Å². The molecule has 0 radical (unpaired) electrons. The second-order valence-corrected chi connectivity index (χ2v) is 19.7. The van der Waals surface area contributed by atoms with Gasteiger partial charge in [-0.05, 0) is 164 Å². The molecule has 6 aliphatic rings. The number of fused-ring (bicyclic) bond motifs is 10. The first-order valence-corrected chi connectivity index (χ1v) is 24.2. The van der Waals surface area contributed by atoms with Gasteiger partial charge in [-0.25, -0.2) is 0 Å². The number of dihydropyridines is 1. The molecule has 5 aromatic rings. The number of hydrogen-bond donors (Lipinski definition) is 6. The van der Waals surface area contributed by atoms with Gasteiger partial charge in [-0.1, -0.05) is 54.3 Å². The standard InChI is InChI=1S/C56H61N3O7/c57-54-27-38-13-10-34(8-9-35-11-16-43(61)17-12-35)4-3-5-45-28-44(62)18-14-36-26-53(51(63)25-40(36)31-60)66-32-41-23-42(22-39-29-59(30-47(39)41)55(58-54)48(38)33-65-45)56-20-21-64-52-19-15-37(24-50(52)56)46-6-1-2-7-49(46)56/h1-2,6-7,11-12,16-17,22-23,25-27,29-30,34,37,44-45,50,52,54,58,60-63H,3-5,8-9,14-15,18-21,24,28,31-33,57H2/t34-,37-,44+,45-,50-,52+,54?,56+/m0/s1. The first-order chi connectivity index (χ1) is 32.2. The topological polar surface area (TPSA) is 152 Å². The van der Waals surface area contributed by atoms with Crippen LogP contribution in [-0.4, -0.2) is 62.7 Å². The van der Waals surface area contributed by atoms with E-state index in [0.717, 1.165) is 102 Å². The van der Waals surface area contributed by atoms with Crippen LogP contribution in [0.3, 0.4) is 0 Å². The number of hydrogen-bond acceptors (Lipinski definition) is 9. The van der Waals surface area contributed by atoms with E-state index in [0.29, 0.717) is 49.0 Å². The number of aromatic hydroxyl groups is 2. The quantitative estimate of drug-likeness (QED) is 0.0954. The van der Waals surface area contributed by atoms with Gasteiger partial charge in [-0.3, -0.25) is 0 Å². The molecule has 8 atom stereocenters. The maximum atomic E-state index is 11.6. The highest BCUT2D eigenvalue weighted by Crippen LogP contribution is 2.60. The van der Waals surface area contributed by atoms with Crippen molar-refractivity contribution in [3.63, 3.8) is 0 Å².